The number of alkyl halides is 3. The van der Waals surface area contributed by atoms with Crippen molar-refractivity contribution in [3.63, 3.8) is 0 Å². The van der Waals surface area contributed by atoms with Gasteiger partial charge in [0.15, 0.2) is 29.3 Å². The van der Waals surface area contributed by atoms with Gasteiger partial charge in [0.25, 0.3) is 11.8 Å². The molecule has 4 atom stereocenters. The van der Waals surface area contributed by atoms with Gasteiger partial charge >= 0.3 is 15.6 Å². The number of hydrogen-bond acceptors (Lipinski definition) is 11. The minimum Gasteiger partial charge on any atom is -0.358 e. The first kappa shape index (κ1) is 53.8. The number of halogens is 3. The SMILES string of the molecule is O=C(Nc1nc(NC(=O)c2ccccc2)c2ncn([C@@H]3O[C@H](COC(c4ccccc4)(c4ccccc4)c4ccccc4)[C@@H](OC(c4ccccc4)(c4ccccc4)c4ccccc4)[C@H]3OS(=O)(=O)C(F)(F)F)c2n1)c1ccccc1. The molecule has 14 nitrogen and oxygen atoms in total. The summed E-state index contributed by atoms with van der Waals surface area (Å²) in [5.74, 6) is -1.89. The molecule has 0 spiro atoms. The van der Waals surface area contributed by atoms with Crippen molar-refractivity contribution in [3.05, 3.63) is 293 Å². The van der Waals surface area contributed by atoms with Gasteiger partial charge in [0.05, 0.1) is 12.9 Å². The highest BCUT2D eigenvalue weighted by Crippen LogP contribution is 2.49. The Balaban J connectivity index is 1.14. The lowest BCUT2D eigenvalue weighted by atomic mass is 9.79. The number of anilines is 2. The van der Waals surface area contributed by atoms with E-state index in [0.29, 0.717) is 33.4 Å². The molecule has 2 N–H and O–H groups in total. The number of aromatic nitrogens is 4. The summed E-state index contributed by atoms with van der Waals surface area (Å²) < 4.78 is 102. The summed E-state index contributed by atoms with van der Waals surface area (Å²) in [6.07, 6.45) is -6.37. The molecule has 18 heteroatoms. The van der Waals surface area contributed by atoms with E-state index in [9.17, 15) is 18.0 Å². The minimum atomic E-state index is -6.53. The van der Waals surface area contributed by atoms with E-state index in [4.69, 9.17) is 18.4 Å². The highest BCUT2D eigenvalue weighted by atomic mass is 32.2. The molecule has 10 aromatic rings. The second kappa shape index (κ2) is 22.9. The van der Waals surface area contributed by atoms with Gasteiger partial charge < -0.3 is 19.5 Å². The van der Waals surface area contributed by atoms with Crippen molar-refractivity contribution in [1.82, 2.24) is 19.5 Å². The first-order valence-corrected chi connectivity index (χ1v) is 27.0. The molecular weight excluding hydrogens is 1060 g/mol. The van der Waals surface area contributed by atoms with Crippen molar-refractivity contribution in [2.24, 2.45) is 0 Å². The summed E-state index contributed by atoms with van der Waals surface area (Å²) in [7, 11) is -6.53. The number of imidazole rings is 1. The number of nitrogens with zero attached hydrogens (tertiary/aromatic N) is 4. The smallest absolute Gasteiger partial charge is 0.358 e. The largest absolute Gasteiger partial charge is 0.523 e. The lowest BCUT2D eigenvalue weighted by molar-refractivity contribution is -0.131. The highest BCUT2D eigenvalue weighted by Gasteiger charge is 2.58. The van der Waals surface area contributed by atoms with Crippen LogP contribution in [-0.4, -0.2) is 70.2 Å². The third kappa shape index (κ3) is 10.7. The molecule has 1 saturated heterocycles. The first-order valence-electron chi connectivity index (χ1n) is 25.6. The van der Waals surface area contributed by atoms with Crippen molar-refractivity contribution in [1.29, 1.82) is 0 Å². The van der Waals surface area contributed by atoms with Gasteiger partial charge in [-0.05, 0) is 57.6 Å². The van der Waals surface area contributed by atoms with Gasteiger partial charge in [0.2, 0.25) is 5.95 Å². The molecular formula is C63H49F3N6O8S. The number of carbonyl (C=O) groups excluding carboxylic acids is 2. The number of carbonyl (C=O) groups is 2. The predicted octanol–water partition coefficient (Wildman–Crippen LogP) is 11.8. The van der Waals surface area contributed by atoms with Crippen LogP contribution in [-0.2, 0) is 39.7 Å². The number of hydrogen-bond donors (Lipinski definition) is 2. The van der Waals surface area contributed by atoms with Crippen LogP contribution in [0.5, 0.6) is 0 Å². The molecule has 8 aromatic carbocycles. The molecule has 406 valence electrons. The molecule has 2 aromatic heterocycles. The highest BCUT2D eigenvalue weighted by molar-refractivity contribution is 7.87. The van der Waals surface area contributed by atoms with Gasteiger partial charge in [0.1, 0.15) is 23.4 Å². The van der Waals surface area contributed by atoms with Crippen molar-refractivity contribution < 1.29 is 49.6 Å². The molecule has 1 aliphatic heterocycles. The Kier molecular flexibility index (Phi) is 15.2. The Labute approximate surface area is 463 Å². The maximum Gasteiger partial charge on any atom is 0.523 e. The lowest BCUT2D eigenvalue weighted by Gasteiger charge is -2.41. The normalized spacial score (nSPS) is 16.7. The van der Waals surface area contributed by atoms with Crippen molar-refractivity contribution in [2.75, 3.05) is 17.2 Å². The van der Waals surface area contributed by atoms with E-state index in [-0.39, 0.29) is 34.1 Å². The van der Waals surface area contributed by atoms with Gasteiger partial charge in [-0.25, -0.2) is 4.98 Å². The quantitative estimate of drug-likeness (QED) is 0.0476. The van der Waals surface area contributed by atoms with Crippen LogP contribution < -0.4 is 10.6 Å². The minimum absolute atomic E-state index is 0.126. The van der Waals surface area contributed by atoms with E-state index < -0.39 is 69.8 Å². The number of fused-ring (bicyclic) bond motifs is 1. The van der Waals surface area contributed by atoms with E-state index in [2.05, 4.69) is 25.6 Å². The first-order chi connectivity index (χ1) is 39.4. The van der Waals surface area contributed by atoms with Crippen LogP contribution in [0.4, 0.5) is 24.9 Å². The van der Waals surface area contributed by atoms with Crippen LogP contribution in [0.1, 0.15) is 60.3 Å². The molecule has 81 heavy (non-hydrogen) atoms. The average molecular weight is 1110 g/mol. The standard InChI is InChI=1S/C63H49F3N6O8S/c64-63(65,66)81(75,76)80-54-53(79-62(48-35-19-6-20-36-48,49-37-21-7-22-38-49)50-39-23-8-24-40-50)51(41-77-61(45-29-13-3-14-30-45,46-31-15-4-16-32-46)47-33-17-5-18-34-47)78-59(54)72-42-67-52-55(68-57(73)43-25-9-1-10-26-43)69-60(70-56(52)72)71-58(74)44-27-11-2-12-28-44/h1-40,42,51,53-54,59H,41H2,(H2,68,69,70,71,73,74)/t51-,53-,54-,59-/m1/s1. The number of rotatable bonds is 18. The Morgan fingerprint density at radius 3 is 1.31 bits per heavy atom. The molecule has 0 unspecified atom stereocenters. The zero-order chi connectivity index (χ0) is 56.0. The summed E-state index contributed by atoms with van der Waals surface area (Å²) >= 11 is 0. The molecule has 0 radical (unpaired) electrons. The fraction of sp³-hybridized carbons (Fsp3) is 0.127. The molecule has 0 saturated carbocycles. The van der Waals surface area contributed by atoms with Gasteiger partial charge in [-0.15, -0.1) is 0 Å². The summed E-state index contributed by atoms with van der Waals surface area (Å²) in [6, 6.07) is 71.1. The van der Waals surface area contributed by atoms with Crippen LogP contribution in [0.25, 0.3) is 11.2 Å². The average Bonchev–Trinajstić information content (AvgIpc) is 4.14. The summed E-state index contributed by atoms with van der Waals surface area (Å²) in [6.45, 7) is -0.501. The Morgan fingerprint density at radius 2 is 0.901 bits per heavy atom. The van der Waals surface area contributed by atoms with E-state index in [1.165, 1.54) is 0 Å². The molecule has 1 aliphatic rings. The van der Waals surface area contributed by atoms with Crippen molar-refractivity contribution >= 4 is 44.9 Å². The van der Waals surface area contributed by atoms with Crippen LogP contribution in [0.3, 0.4) is 0 Å². The van der Waals surface area contributed by atoms with Gasteiger partial charge in [-0.2, -0.15) is 31.6 Å². The van der Waals surface area contributed by atoms with Crippen LogP contribution >= 0.6 is 0 Å². The molecule has 1 fully saturated rings. The molecule has 0 aliphatic carbocycles. The Morgan fingerprint density at radius 1 is 0.519 bits per heavy atom. The van der Waals surface area contributed by atoms with Crippen LogP contribution in [0, 0.1) is 0 Å². The molecule has 0 bridgehead atoms. The number of ether oxygens (including phenoxy) is 3. The van der Waals surface area contributed by atoms with Gasteiger partial charge in [-0.1, -0.05) is 218 Å². The summed E-state index contributed by atoms with van der Waals surface area (Å²) in [5, 5.41) is 5.39. The Bertz CT molecular complexity index is 3680. The molecule has 2 amide bonds. The zero-order valence-electron chi connectivity index (χ0n) is 42.8. The second-order valence-corrected chi connectivity index (χ2v) is 20.4. The third-order valence-electron chi connectivity index (χ3n) is 13.9. The van der Waals surface area contributed by atoms with E-state index >= 15 is 13.2 Å². The summed E-state index contributed by atoms with van der Waals surface area (Å²) in [5.41, 5.74) is -5.54. The van der Waals surface area contributed by atoms with Crippen molar-refractivity contribution in [3.8, 4) is 0 Å². The lowest BCUT2D eigenvalue weighted by Crippen LogP contribution is -2.48. The maximum absolute atomic E-state index is 15.1. The van der Waals surface area contributed by atoms with E-state index in [0.717, 1.165) is 10.9 Å². The fourth-order valence-electron chi connectivity index (χ4n) is 10.2. The topological polar surface area (TPSA) is 173 Å². The van der Waals surface area contributed by atoms with Crippen LogP contribution in [0.15, 0.2) is 249 Å². The number of amides is 2. The monoisotopic (exact) mass is 1110 g/mol. The van der Waals surface area contributed by atoms with Gasteiger partial charge in [0, 0.05) is 11.1 Å². The Hall–Kier alpha value is -9.17. The number of benzene rings is 8. The van der Waals surface area contributed by atoms with Gasteiger partial charge in [-0.3, -0.25) is 23.7 Å². The second-order valence-electron chi connectivity index (χ2n) is 18.8. The van der Waals surface area contributed by atoms with Crippen LogP contribution in [0.2, 0.25) is 0 Å². The summed E-state index contributed by atoms with van der Waals surface area (Å²) in [4.78, 5) is 41.4. The maximum atomic E-state index is 15.1. The van der Waals surface area contributed by atoms with E-state index in [1.807, 2.05) is 91.0 Å². The third-order valence-corrected chi connectivity index (χ3v) is 14.9. The predicted molar refractivity (Wildman–Crippen MR) is 297 cm³/mol. The fourth-order valence-corrected chi connectivity index (χ4v) is 10.8. The molecule has 11 rings (SSSR count). The van der Waals surface area contributed by atoms with E-state index in [1.54, 1.807) is 152 Å². The molecule has 3 heterocycles. The zero-order valence-corrected chi connectivity index (χ0v) is 43.6. The van der Waals surface area contributed by atoms with Crippen molar-refractivity contribution in [2.45, 2.75) is 41.3 Å². The number of nitrogens with one attached hydrogen (secondary N) is 2.